The molecule has 2 aliphatic heterocycles. The van der Waals surface area contributed by atoms with Crippen molar-refractivity contribution in [3.63, 3.8) is 0 Å². The third-order valence-electron chi connectivity index (χ3n) is 7.49. The van der Waals surface area contributed by atoms with Gasteiger partial charge in [0.2, 0.25) is 15.9 Å². The molecule has 0 aromatic heterocycles. The topological polar surface area (TPSA) is 118 Å². The highest BCUT2D eigenvalue weighted by molar-refractivity contribution is 7.89. The summed E-state index contributed by atoms with van der Waals surface area (Å²) in [5.74, 6) is -0.348. The van der Waals surface area contributed by atoms with Crippen molar-refractivity contribution < 1.29 is 13.2 Å². The molecule has 186 valence electrons. The van der Waals surface area contributed by atoms with Gasteiger partial charge in [-0.15, -0.1) is 0 Å². The molecule has 4 rings (SSSR count). The lowest BCUT2D eigenvalue weighted by atomic mass is 9.83. The Morgan fingerprint density at radius 2 is 1.79 bits per heavy atom. The van der Waals surface area contributed by atoms with Crippen molar-refractivity contribution in [3.8, 4) is 6.07 Å². The average Bonchev–Trinajstić information content (AvgIpc) is 3.17. The number of hydrazine groups is 1. The number of carbonyl (C=O) groups excluding carboxylic acids is 1. The van der Waals surface area contributed by atoms with E-state index in [1.165, 1.54) is 4.31 Å². The second-order valence-electron chi connectivity index (χ2n) is 10.6. The number of anilines is 1. The van der Waals surface area contributed by atoms with E-state index in [1.54, 1.807) is 31.3 Å². The van der Waals surface area contributed by atoms with Crippen LogP contribution in [0.3, 0.4) is 0 Å². The van der Waals surface area contributed by atoms with Gasteiger partial charge in [0, 0.05) is 36.9 Å². The van der Waals surface area contributed by atoms with Crippen molar-refractivity contribution in [1.82, 2.24) is 20.1 Å². The number of hydrogen-bond acceptors (Lipinski definition) is 7. The van der Waals surface area contributed by atoms with Crippen LogP contribution in [0.15, 0.2) is 29.2 Å². The predicted octanol–water partition coefficient (Wildman–Crippen LogP) is 2.25. The van der Waals surface area contributed by atoms with Gasteiger partial charge >= 0.3 is 0 Å². The summed E-state index contributed by atoms with van der Waals surface area (Å²) in [5, 5.41) is 18.3. The van der Waals surface area contributed by atoms with Gasteiger partial charge in [-0.3, -0.25) is 4.79 Å². The van der Waals surface area contributed by atoms with E-state index in [-0.39, 0.29) is 40.9 Å². The fourth-order valence-electron chi connectivity index (χ4n) is 5.32. The Balaban J connectivity index is 1.54. The van der Waals surface area contributed by atoms with E-state index in [0.29, 0.717) is 6.54 Å². The van der Waals surface area contributed by atoms with Gasteiger partial charge in [-0.05, 0) is 64.3 Å². The minimum absolute atomic E-state index is 0.000864. The second-order valence-corrected chi connectivity index (χ2v) is 12.6. The molecule has 1 saturated carbocycles. The van der Waals surface area contributed by atoms with Crippen molar-refractivity contribution in [2.45, 2.75) is 81.6 Å². The molecule has 3 fully saturated rings. The maximum Gasteiger partial charge on any atom is 0.243 e. The summed E-state index contributed by atoms with van der Waals surface area (Å²) >= 11 is 0. The average molecular weight is 489 g/mol. The summed E-state index contributed by atoms with van der Waals surface area (Å²) in [6.07, 6.45) is 4.47. The molecule has 1 aliphatic carbocycles. The highest BCUT2D eigenvalue weighted by Gasteiger charge is 2.51. The van der Waals surface area contributed by atoms with Crippen molar-refractivity contribution in [2.24, 2.45) is 11.8 Å². The highest BCUT2D eigenvalue weighted by atomic mass is 32.2. The minimum atomic E-state index is -3.61. The van der Waals surface area contributed by atoms with Gasteiger partial charge < -0.3 is 10.6 Å². The van der Waals surface area contributed by atoms with Crippen LogP contribution in [-0.2, 0) is 14.8 Å². The lowest BCUT2D eigenvalue weighted by molar-refractivity contribution is -0.128. The Hall–Kier alpha value is -2.19. The van der Waals surface area contributed by atoms with Crippen molar-refractivity contribution in [3.05, 3.63) is 24.3 Å². The maximum absolute atomic E-state index is 12.9. The van der Waals surface area contributed by atoms with E-state index < -0.39 is 15.6 Å². The molecule has 3 N–H and O–H groups in total. The number of nitrogens with one attached hydrogen (secondary N) is 3. The van der Waals surface area contributed by atoms with Gasteiger partial charge in [0.25, 0.3) is 0 Å². The quantitative estimate of drug-likeness (QED) is 0.582. The molecular weight excluding hydrogens is 452 g/mol. The van der Waals surface area contributed by atoms with Gasteiger partial charge in [0.1, 0.15) is 6.17 Å². The van der Waals surface area contributed by atoms with Crippen LogP contribution in [0.25, 0.3) is 0 Å². The smallest absolute Gasteiger partial charge is 0.243 e. The van der Waals surface area contributed by atoms with E-state index in [0.717, 1.165) is 37.8 Å². The van der Waals surface area contributed by atoms with Crippen molar-refractivity contribution in [1.29, 1.82) is 5.26 Å². The number of nitrogens with zero attached hydrogens (tertiary/aromatic N) is 3. The van der Waals surface area contributed by atoms with E-state index in [9.17, 15) is 18.5 Å². The number of benzene rings is 1. The number of piperidine rings is 1. The molecule has 0 spiro atoms. The number of sulfonamides is 1. The molecule has 5 atom stereocenters. The van der Waals surface area contributed by atoms with Crippen LogP contribution in [0.4, 0.5) is 5.69 Å². The molecule has 1 aromatic carbocycles. The lowest BCUT2D eigenvalue weighted by Gasteiger charge is -2.39. The molecule has 2 heterocycles. The van der Waals surface area contributed by atoms with Gasteiger partial charge in [-0.1, -0.05) is 12.8 Å². The molecule has 2 saturated heterocycles. The zero-order chi connectivity index (χ0) is 24.7. The Kier molecular flexibility index (Phi) is 6.93. The SMILES string of the molecule is CN(C(C)(C)C)S(=O)(=O)c1ccc(NC2NN([C@H]3CCCC[C@@H]3C#N)C3CCNC(=O)C23)cc1. The third-order valence-corrected chi connectivity index (χ3v) is 9.63. The van der Waals surface area contributed by atoms with Gasteiger partial charge in [0.15, 0.2) is 0 Å². The Bertz CT molecular complexity index is 1050. The molecule has 3 aliphatic rings. The number of nitriles is 1. The molecule has 3 unspecified atom stereocenters. The van der Waals surface area contributed by atoms with E-state index in [1.807, 2.05) is 20.8 Å². The third kappa shape index (κ3) is 4.67. The fourth-order valence-corrected chi connectivity index (χ4v) is 6.83. The van der Waals surface area contributed by atoms with Gasteiger partial charge in [0.05, 0.1) is 22.8 Å². The molecule has 0 bridgehead atoms. The standard InChI is InChI=1S/C24H36N6O3S/c1-24(2,3)29(4)34(32,33)18-11-9-17(10-12-18)27-22-21-20(13-14-26-23(21)31)30(28-22)19-8-6-5-7-16(19)15-25/h9-12,16,19-22,27-28H,5-8,13-14H2,1-4H3,(H,26,31)/t16-,19+,20?,21?,22?/m1/s1. The molecule has 34 heavy (non-hydrogen) atoms. The summed E-state index contributed by atoms with van der Waals surface area (Å²) < 4.78 is 27.3. The molecule has 9 nitrogen and oxygen atoms in total. The van der Waals surface area contributed by atoms with E-state index >= 15 is 0 Å². The van der Waals surface area contributed by atoms with Crippen molar-refractivity contribution >= 4 is 21.6 Å². The Labute approximate surface area is 202 Å². The first-order valence-corrected chi connectivity index (χ1v) is 13.6. The van der Waals surface area contributed by atoms with Crippen LogP contribution in [0.1, 0.15) is 52.9 Å². The minimum Gasteiger partial charge on any atom is -0.368 e. The molecular formula is C24H36N6O3S. The first-order valence-electron chi connectivity index (χ1n) is 12.1. The first kappa shape index (κ1) is 24.9. The first-order chi connectivity index (χ1) is 16.0. The highest BCUT2D eigenvalue weighted by Crippen LogP contribution is 2.36. The number of fused-ring (bicyclic) bond motifs is 1. The van der Waals surface area contributed by atoms with Crippen LogP contribution in [0.2, 0.25) is 0 Å². The van der Waals surface area contributed by atoms with E-state index in [4.69, 9.17) is 0 Å². The summed E-state index contributed by atoms with van der Waals surface area (Å²) in [4.78, 5) is 13.1. The second kappa shape index (κ2) is 9.46. The predicted molar refractivity (Wildman–Crippen MR) is 130 cm³/mol. The number of amides is 1. The summed E-state index contributed by atoms with van der Waals surface area (Å²) in [6.45, 7) is 6.19. The summed E-state index contributed by atoms with van der Waals surface area (Å²) in [6, 6.07) is 9.25. The molecule has 10 heteroatoms. The molecule has 1 amide bonds. The molecule has 1 aromatic rings. The van der Waals surface area contributed by atoms with Crippen LogP contribution < -0.4 is 16.1 Å². The zero-order valence-corrected chi connectivity index (χ0v) is 21.2. The van der Waals surface area contributed by atoms with Crippen LogP contribution in [-0.4, -0.2) is 61.0 Å². The van der Waals surface area contributed by atoms with Crippen molar-refractivity contribution in [2.75, 3.05) is 18.9 Å². The Morgan fingerprint density at radius 1 is 1.12 bits per heavy atom. The van der Waals surface area contributed by atoms with Crippen LogP contribution in [0.5, 0.6) is 0 Å². The monoisotopic (exact) mass is 488 g/mol. The number of carbonyl (C=O) groups is 1. The largest absolute Gasteiger partial charge is 0.368 e. The summed E-state index contributed by atoms with van der Waals surface area (Å²) in [5.41, 5.74) is 3.71. The normalized spacial score (nSPS) is 30.5. The molecule has 0 radical (unpaired) electrons. The number of hydrogen-bond donors (Lipinski definition) is 3. The van der Waals surface area contributed by atoms with Gasteiger partial charge in [-0.2, -0.15) is 9.57 Å². The summed E-state index contributed by atoms with van der Waals surface area (Å²) in [7, 11) is -2.03. The van der Waals surface area contributed by atoms with E-state index in [2.05, 4.69) is 27.1 Å². The Morgan fingerprint density at radius 3 is 2.44 bits per heavy atom. The fraction of sp³-hybridized carbons (Fsp3) is 0.667. The zero-order valence-electron chi connectivity index (χ0n) is 20.4. The lowest BCUT2D eigenvalue weighted by Crippen LogP contribution is -2.54. The van der Waals surface area contributed by atoms with Gasteiger partial charge in [-0.25, -0.2) is 18.9 Å². The van der Waals surface area contributed by atoms with Crippen LogP contribution in [0, 0.1) is 23.2 Å². The number of rotatable bonds is 5. The van der Waals surface area contributed by atoms with Crippen LogP contribution >= 0.6 is 0 Å². The maximum atomic E-state index is 12.9.